The van der Waals surface area contributed by atoms with Gasteiger partial charge in [-0.2, -0.15) is 0 Å². The van der Waals surface area contributed by atoms with E-state index in [0.717, 1.165) is 11.3 Å². The Morgan fingerprint density at radius 3 is 2.55 bits per heavy atom. The van der Waals surface area contributed by atoms with Crippen molar-refractivity contribution in [2.45, 2.75) is 17.2 Å². The SMILES string of the molecule is Cc1nc(Cl)sc1S(=O)(=O)N[C@H](CO)c1ccccc1. The summed E-state index contributed by atoms with van der Waals surface area (Å²) in [7, 11) is -3.77. The molecule has 2 aromatic rings. The number of aromatic nitrogens is 1. The van der Waals surface area contributed by atoms with Crippen molar-refractivity contribution in [3.8, 4) is 0 Å². The highest BCUT2D eigenvalue weighted by molar-refractivity contribution is 7.91. The first-order valence-corrected chi connectivity index (χ1v) is 8.43. The predicted molar refractivity (Wildman–Crippen MR) is 78.5 cm³/mol. The Kier molecular flexibility index (Phi) is 4.77. The van der Waals surface area contributed by atoms with Crippen molar-refractivity contribution >= 4 is 33.0 Å². The molecule has 0 saturated heterocycles. The highest BCUT2D eigenvalue weighted by atomic mass is 35.5. The smallest absolute Gasteiger partial charge is 0.252 e. The van der Waals surface area contributed by atoms with E-state index in [1.165, 1.54) is 0 Å². The maximum atomic E-state index is 12.3. The van der Waals surface area contributed by atoms with Crippen molar-refractivity contribution in [2.24, 2.45) is 0 Å². The lowest BCUT2D eigenvalue weighted by Gasteiger charge is -2.16. The molecule has 0 amide bonds. The molecule has 0 aliphatic heterocycles. The summed E-state index contributed by atoms with van der Waals surface area (Å²) >= 11 is 6.62. The fourth-order valence-electron chi connectivity index (χ4n) is 1.74. The van der Waals surface area contributed by atoms with Crippen LogP contribution in [-0.4, -0.2) is 25.1 Å². The Labute approximate surface area is 126 Å². The molecule has 0 saturated carbocycles. The highest BCUT2D eigenvalue weighted by Gasteiger charge is 2.25. The number of hydrogen-bond donors (Lipinski definition) is 2. The van der Waals surface area contributed by atoms with E-state index in [-0.39, 0.29) is 15.3 Å². The minimum Gasteiger partial charge on any atom is -0.394 e. The van der Waals surface area contributed by atoms with Crippen LogP contribution < -0.4 is 4.72 Å². The second kappa shape index (κ2) is 6.19. The molecule has 2 N–H and O–H groups in total. The number of nitrogens with zero attached hydrogens (tertiary/aromatic N) is 1. The standard InChI is InChI=1S/C12H13ClN2O3S2/c1-8-11(19-12(13)14-8)20(17,18)15-10(7-16)9-5-3-2-4-6-9/h2-6,10,15-16H,7H2,1H3/t10-/m1/s1. The van der Waals surface area contributed by atoms with Gasteiger partial charge in [0.15, 0.2) is 8.68 Å². The molecule has 0 unspecified atom stereocenters. The number of halogens is 1. The molecule has 1 heterocycles. The molecular weight excluding hydrogens is 320 g/mol. The molecule has 0 aliphatic rings. The Morgan fingerprint density at radius 2 is 2.05 bits per heavy atom. The summed E-state index contributed by atoms with van der Waals surface area (Å²) in [5.74, 6) is 0. The Morgan fingerprint density at radius 1 is 1.40 bits per heavy atom. The summed E-state index contributed by atoms with van der Waals surface area (Å²) < 4.78 is 27.3. The van der Waals surface area contributed by atoms with E-state index >= 15 is 0 Å². The molecule has 5 nitrogen and oxygen atoms in total. The number of hydrogen-bond acceptors (Lipinski definition) is 5. The monoisotopic (exact) mass is 332 g/mol. The first-order chi connectivity index (χ1) is 9.44. The second-order valence-corrected chi connectivity index (χ2v) is 7.60. The van der Waals surface area contributed by atoms with Crippen LogP contribution in [0.1, 0.15) is 17.3 Å². The Hall–Kier alpha value is -0.990. The zero-order valence-electron chi connectivity index (χ0n) is 10.6. The van der Waals surface area contributed by atoms with Gasteiger partial charge in [-0.15, -0.1) is 0 Å². The summed E-state index contributed by atoms with van der Waals surface area (Å²) in [4.78, 5) is 3.89. The van der Waals surface area contributed by atoms with E-state index in [9.17, 15) is 13.5 Å². The van der Waals surface area contributed by atoms with Crippen LogP contribution in [0.2, 0.25) is 4.47 Å². The van der Waals surface area contributed by atoms with Gasteiger partial charge in [0, 0.05) is 0 Å². The van der Waals surface area contributed by atoms with Gasteiger partial charge in [0.1, 0.15) is 0 Å². The van der Waals surface area contributed by atoms with Crippen LogP contribution in [0.15, 0.2) is 34.5 Å². The van der Waals surface area contributed by atoms with E-state index in [2.05, 4.69) is 9.71 Å². The van der Waals surface area contributed by atoms with Gasteiger partial charge in [-0.05, 0) is 12.5 Å². The van der Waals surface area contributed by atoms with Crippen LogP contribution in [0.5, 0.6) is 0 Å². The van der Waals surface area contributed by atoms with Crippen LogP contribution in [0.4, 0.5) is 0 Å². The number of aliphatic hydroxyl groups is 1. The topological polar surface area (TPSA) is 79.3 Å². The summed E-state index contributed by atoms with van der Waals surface area (Å²) in [6, 6.07) is 8.16. The largest absolute Gasteiger partial charge is 0.394 e. The van der Waals surface area contributed by atoms with Crippen molar-refractivity contribution < 1.29 is 13.5 Å². The lowest BCUT2D eigenvalue weighted by atomic mass is 10.1. The van der Waals surface area contributed by atoms with Crippen molar-refractivity contribution in [1.29, 1.82) is 0 Å². The fraction of sp³-hybridized carbons (Fsp3) is 0.250. The van der Waals surface area contributed by atoms with Gasteiger partial charge in [-0.25, -0.2) is 18.1 Å². The van der Waals surface area contributed by atoms with Gasteiger partial charge in [0.05, 0.1) is 18.3 Å². The predicted octanol–water partition coefficient (Wildman–Crippen LogP) is 2.12. The average molecular weight is 333 g/mol. The van der Waals surface area contributed by atoms with E-state index in [1.807, 2.05) is 6.07 Å². The maximum Gasteiger partial charge on any atom is 0.252 e. The van der Waals surface area contributed by atoms with E-state index in [4.69, 9.17) is 11.6 Å². The van der Waals surface area contributed by atoms with E-state index in [1.54, 1.807) is 31.2 Å². The van der Waals surface area contributed by atoms with Crippen LogP contribution in [0, 0.1) is 6.92 Å². The van der Waals surface area contributed by atoms with Gasteiger partial charge < -0.3 is 5.11 Å². The molecule has 108 valence electrons. The number of sulfonamides is 1. The zero-order valence-corrected chi connectivity index (χ0v) is 13.0. The fourth-order valence-corrected chi connectivity index (χ4v) is 4.71. The van der Waals surface area contributed by atoms with E-state index in [0.29, 0.717) is 11.3 Å². The first kappa shape index (κ1) is 15.4. The lowest BCUT2D eigenvalue weighted by molar-refractivity contribution is 0.259. The van der Waals surface area contributed by atoms with Gasteiger partial charge in [-0.3, -0.25) is 0 Å². The van der Waals surface area contributed by atoms with Gasteiger partial charge in [0.2, 0.25) is 0 Å². The van der Waals surface area contributed by atoms with Gasteiger partial charge in [0.25, 0.3) is 10.0 Å². The summed E-state index contributed by atoms with van der Waals surface area (Å²) in [6.07, 6.45) is 0. The average Bonchev–Trinajstić information content (AvgIpc) is 2.77. The van der Waals surface area contributed by atoms with Crippen molar-refractivity contribution in [3.05, 3.63) is 46.1 Å². The van der Waals surface area contributed by atoms with Gasteiger partial charge in [-0.1, -0.05) is 53.3 Å². The molecule has 20 heavy (non-hydrogen) atoms. The minimum absolute atomic E-state index is 0.0666. The number of thiazole rings is 1. The highest BCUT2D eigenvalue weighted by Crippen LogP contribution is 2.28. The molecule has 2 rings (SSSR count). The number of rotatable bonds is 5. The van der Waals surface area contributed by atoms with Crippen LogP contribution in [-0.2, 0) is 10.0 Å². The zero-order chi connectivity index (χ0) is 14.8. The maximum absolute atomic E-state index is 12.3. The summed E-state index contributed by atoms with van der Waals surface area (Å²) in [5, 5.41) is 9.40. The second-order valence-electron chi connectivity index (χ2n) is 4.11. The number of aryl methyl sites for hydroxylation is 1. The molecule has 1 aromatic heterocycles. The molecule has 1 atom stereocenters. The Bertz CT molecular complexity index is 686. The molecule has 0 spiro atoms. The van der Waals surface area contributed by atoms with Crippen LogP contribution >= 0.6 is 22.9 Å². The molecular formula is C12H13ClN2O3S2. The van der Waals surface area contributed by atoms with Crippen LogP contribution in [0.3, 0.4) is 0 Å². The quantitative estimate of drug-likeness (QED) is 0.879. The van der Waals surface area contributed by atoms with Crippen molar-refractivity contribution in [3.63, 3.8) is 0 Å². The normalized spacial score (nSPS) is 13.3. The summed E-state index contributed by atoms with van der Waals surface area (Å²) in [6.45, 7) is 1.24. The van der Waals surface area contributed by atoms with E-state index < -0.39 is 16.1 Å². The molecule has 0 aliphatic carbocycles. The Balaban J connectivity index is 2.29. The van der Waals surface area contributed by atoms with Crippen molar-refractivity contribution in [2.75, 3.05) is 6.61 Å². The molecule has 8 heteroatoms. The lowest BCUT2D eigenvalue weighted by Crippen LogP contribution is -2.30. The third-order valence-corrected chi connectivity index (χ3v) is 6.00. The van der Waals surface area contributed by atoms with Crippen molar-refractivity contribution in [1.82, 2.24) is 9.71 Å². The third-order valence-electron chi connectivity index (χ3n) is 2.65. The first-order valence-electron chi connectivity index (χ1n) is 5.75. The van der Waals surface area contributed by atoms with Crippen LogP contribution in [0.25, 0.3) is 0 Å². The minimum atomic E-state index is -3.77. The number of aliphatic hydroxyl groups excluding tert-OH is 1. The number of nitrogens with one attached hydrogen (secondary N) is 1. The number of benzene rings is 1. The molecule has 0 bridgehead atoms. The van der Waals surface area contributed by atoms with Gasteiger partial charge >= 0.3 is 0 Å². The third kappa shape index (κ3) is 3.36. The molecule has 0 fully saturated rings. The molecule has 0 radical (unpaired) electrons. The summed E-state index contributed by atoms with van der Waals surface area (Å²) in [5.41, 5.74) is 1.03. The molecule has 1 aromatic carbocycles.